The van der Waals surface area contributed by atoms with Crippen molar-refractivity contribution in [1.82, 2.24) is 5.32 Å². The fourth-order valence-electron chi connectivity index (χ4n) is 6.10. The van der Waals surface area contributed by atoms with Gasteiger partial charge in [0.25, 0.3) is 0 Å². The number of ether oxygens (including phenoxy) is 4. The molecule has 4 aliphatic rings. The zero-order chi connectivity index (χ0) is 26.6. The number of esters is 1. The maximum Gasteiger partial charge on any atom is 0.316 e. The first kappa shape index (κ1) is 26.4. The van der Waals surface area contributed by atoms with Crippen molar-refractivity contribution in [3.8, 4) is 0 Å². The Morgan fingerprint density at radius 3 is 2.42 bits per heavy atom. The Balaban J connectivity index is 1.59. The van der Waals surface area contributed by atoms with Crippen molar-refractivity contribution >= 4 is 29.2 Å². The normalized spacial score (nSPS) is 41.3. The van der Waals surface area contributed by atoms with Gasteiger partial charge < -0.3 is 24.3 Å². The van der Waals surface area contributed by atoms with Crippen LogP contribution >= 0.6 is 0 Å². The molecule has 4 saturated heterocycles. The first-order valence-electron chi connectivity index (χ1n) is 12.2. The predicted molar refractivity (Wildman–Crippen MR) is 124 cm³/mol. The molecule has 10 heteroatoms. The number of ketones is 3. The lowest BCUT2D eigenvalue weighted by atomic mass is 9.73. The summed E-state index contributed by atoms with van der Waals surface area (Å²) in [6.45, 7) is 8.91. The van der Waals surface area contributed by atoms with Gasteiger partial charge in [-0.1, -0.05) is 31.6 Å². The molecule has 2 bridgehead atoms. The third kappa shape index (κ3) is 4.05. The number of rotatable bonds is 6. The van der Waals surface area contributed by atoms with E-state index in [4.69, 9.17) is 18.9 Å². The Labute approximate surface area is 209 Å². The fraction of sp³-hybridized carbons (Fsp3) is 0.654. The lowest BCUT2D eigenvalue weighted by Gasteiger charge is -2.56. The smallest absolute Gasteiger partial charge is 0.316 e. The van der Waals surface area contributed by atoms with Gasteiger partial charge in [0.15, 0.2) is 23.3 Å². The highest BCUT2D eigenvalue weighted by Crippen LogP contribution is 2.57. The van der Waals surface area contributed by atoms with Crippen molar-refractivity contribution in [2.24, 2.45) is 23.7 Å². The molecule has 9 atom stereocenters. The summed E-state index contributed by atoms with van der Waals surface area (Å²) in [5.41, 5.74) is -0.447. The Hall–Kier alpha value is -2.69. The number of amides is 1. The number of Topliss-reactive ketones (excluding diaryl/α,β-unsaturated/α-hetero) is 2. The van der Waals surface area contributed by atoms with Crippen LogP contribution in [0.3, 0.4) is 0 Å². The van der Waals surface area contributed by atoms with Gasteiger partial charge in [-0.15, -0.1) is 0 Å². The molecule has 10 nitrogen and oxygen atoms in total. The van der Waals surface area contributed by atoms with E-state index in [-0.39, 0.29) is 30.6 Å². The van der Waals surface area contributed by atoms with E-state index < -0.39 is 65.0 Å². The molecular formula is C26H33NO9. The lowest BCUT2D eigenvalue weighted by Crippen LogP contribution is -2.71. The van der Waals surface area contributed by atoms with E-state index >= 15 is 0 Å². The third-order valence-corrected chi connectivity index (χ3v) is 7.81. The average Bonchev–Trinajstić information content (AvgIpc) is 3.25. The van der Waals surface area contributed by atoms with Gasteiger partial charge in [-0.05, 0) is 26.8 Å². The van der Waals surface area contributed by atoms with E-state index in [1.807, 2.05) is 19.9 Å². The van der Waals surface area contributed by atoms with Crippen LogP contribution in [0.1, 0.15) is 41.0 Å². The zero-order valence-electron chi connectivity index (χ0n) is 21.4. The van der Waals surface area contributed by atoms with Crippen molar-refractivity contribution in [3.63, 3.8) is 0 Å². The Morgan fingerprint density at radius 1 is 1.11 bits per heavy atom. The second-order valence-electron chi connectivity index (χ2n) is 10.5. The largest absolute Gasteiger partial charge is 0.469 e. The number of hydrogen-bond donors (Lipinski definition) is 1. The molecule has 4 rings (SSSR count). The van der Waals surface area contributed by atoms with Crippen LogP contribution in [0.15, 0.2) is 23.8 Å². The van der Waals surface area contributed by atoms with Gasteiger partial charge in [0.1, 0.15) is 17.6 Å². The van der Waals surface area contributed by atoms with Gasteiger partial charge in [0.2, 0.25) is 11.7 Å². The Bertz CT molecular complexity index is 1050. The van der Waals surface area contributed by atoms with Crippen LogP contribution in [-0.4, -0.2) is 72.6 Å². The van der Waals surface area contributed by atoms with Crippen molar-refractivity contribution in [1.29, 1.82) is 0 Å². The summed E-state index contributed by atoms with van der Waals surface area (Å²) in [7, 11) is 1.29. The Kier molecular flexibility index (Phi) is 6.83. The van der Waals surface area contributed by atoms with Crippen LogP contribution in [0.25, 0.3) is 0 Å². The number of carbonyl (C=O) groups is 5. The maximum atomic E-state index is 13.1. The van der Waals surface area contributed by atoms with Crippen LogP contribution in [0.5, 0.6) is 0 Å². The highest BCUT2D eigenvalue weighted by atomic mass is 16.8. The van der Waals surface area contributed by atoms with E-state index in [9.17, 15) is 24.0 Å². The molecule has 4 fully saturated rings. The van der Waals surface area contributed by atoms with Crippen LogP contribution in [0.2, 0.25) is 0 Å². The molecule has 0 aromatic rings. The van der Waals surface area contributed by atoms with E-state index in [2.05, 4.69) is 5.32 Å². The minimum absolute atomic E-state index is 0.0636. The molecule has 196 valence electrons. The molecule has 0 saturated carbocycles. The molecule has 4 aliphatic heterocycles. The number of methoxy groups -OCH3 is 1. The second kappa shape index (κ2) is 9.32. The number of nitrogens with one attached hydrogen (secondary N) is 1. The molecule has 36 heavy (non-hydrogen) atoms. The highest BCUT2D eigenvalue weighted by Gasteiger charge is 2.74. The molecule has 0 unspecified atom stereocenters. The number of fused-ring (bicyclic) bond motifs is 1. The summed E-state index contributed by atoms with van der Waals surface area (Å²) in [5.74, 6) is -6.44. The minimum Gasteiger partial charge on any atom is -0.469 e. The Morgan fingerprint density at radius 2 is 1.81 bits per heavy atom. The van der Waals surface area contributed by atoms with Crippen LogP contribution < -0.4 is 5.32 Å². The van der Waals surface area contributed by atoms with Crippen molar-refractivity contribution < 1.29 is 42.9 Å². The van der Waals surface area contributed by atoms with E-state index in [0.29, 0.717) is 5.57 Å². The lowest BCUT2D eigenvalue weighted by molar-refractivity contribution is -0.387. The first-order valence-corrected chi connectivity index (χ1v) is 12.2. The van der Waals surface area contributed by atoms with Crippen molar-refractivity contribution in [2.45, 2.75) is 70.7 Å². The molecule has 1 amide bonds. The monoisotopic (exact) mass is 503 g/mol. The molecule has 0 aliphatic carbocycles. The summed E-state index contributed by atoms with van der Waals surface area (Å²) in [6.07, 6.45) is 2.87. The zero-order valence-corrected chi connectivity index (χ0v) is 21.4. The second-order valence-corrected chi connectivity index (χ2v) is 10.5. The van der Waals surface area contributed by atoms with Gasteiger partial charge in [0.05, 0.1) is 25.9 Å². The van der Waals surface area contributed by atoms with Gasteiger partial charge in [0, 0.05) is 18.3 Å². The summed E-state index contributed by atoms with van der Waals surface area (Å²) >= 11 is 0. The average molecular weight is 504 g/mol. The fourth-order valence-corrected chi connectivity index (χ4v) is 6.10. The SMILES string of the molecule is COC(=O)[C@H]1[C@@H](C)O[C@@]2(C)CC(=O)[C@H]3O[C@@]12O[C@H]([C@H](C)/C=C(C)/C=C/C(=O)[C@H]1C(=O)CNC1=O)[C@H]3C. The predicted octanol–water partition coefficient (Wildman–Crippen LogP) is 1.07. The summed E-state index contributed by atoms with van der Waals surface area (Å²) in [5, 5.41) is 2.37. The van der Waals surface area contributed by atoms with Gasteiger partial charge in [-0.3, -0.25) is 24.0 Å². The van der Waals surface area contributed by atoms with Crippen LogP contribution in [0.4, 0.5) is 0 Å². The van der Waals surface area contributed by atoms with Gasteiger partial charge in [-0.2, -0.15) is 0 Å². The topological polar surface area (TPSA) is 134 Å². The third-order valence-electron chi connectivity index (χ3n) is 7.81. The molecule has 0 aromatic carbocycles. The molecule has 1 N–H and O–H groups in total. The minimum atomic E-state index is -1.48. The molecule has 4 heterocycles. The van der Waals surface area contributed by atoms with E-state index in [1.54, 1.807) is 26.8 Å². The molecule has 0 aromatic heterocycles. The van der Waals surface area contributed by atoms with Gasteiger partial charge in [-0.25, -0.2) is 0 Å². The van der Waals surface area contributed by atoms with Crippen LogP contribution in [0, 0.1) is 23.7 Å². The summed E-state index contributed by atoms with van der Waals surface area (Å²) < 4.78 is 24.0. The van der Waals surface area contributed by atoms with Crippen molar-refractivity contribution in [2.75, 3.05) is 13.7 Å². The summed E-state index contributed by atoms with van der Waals surface area (Å²) in [4.78, 5) is 61.8. The number of hydrogen-bond acceptors (Lipinski definition) is 9. The van der Waals surface area contributed by atoms with Crippen molar-refractivity contribution in [3.05, 3.63) is 23.8 Å². The molecule has 1 spiro atoms. The molecule has 0 radical (unpaired) electrons. The summed E-state index contributed by atoms with van der Waals surface area (Å²) in [6, 6.07) is 0. The number of allylic oxidation sites excluding steroid dienone is 3. The molecular weight excluding hydrogens is 470 g/mol. The van der Waals surface area contributed by atoms with E-state index in [1.165, 1.54) is 13.2 Å². The van der Waals surface area contributed by atoms with E-state index in [0.717, 1.165) is 0 Å². The quantitative estimate of drug-likeness (QED) is 0.244. The van der Waals surface area contributed by atoms with Gasteiger partial charge >= 0.3 is 5.97 Å². The first-order chi connectivity index (χ1) is 16.8. The number of carbonyl (C=O) groups excluding carboxylic acids is 5. The highest BCUT2D eigenvalue weighted by molar-refractivity contribution is 6.25. The maximum absolute atomic E-state index is 13.1. The standard InChI is InChI=1S/C26H33NO9/c1-12(7-8-16(28)19-18(30)11-27-23(19)31)9-13(2)21-14(3)22-17(29)10-25(5)26(35-21,36-22)20(15(4)34-25)24(32)33-6/h7-9,13-15,19-22H,10-11H2,1-6H3,(H,27,31)/b8-7+,12-9+/t13-,14-,15-,19+,20-,21-,22+,25+,26+/m1/s1. The van der Waals surface area contributed by atoms with Crippen LogP contribution in [-0.2, 0) is 42.9 Å².